The van der Waals surface area contributed by atoms with Gasteiger partial charge >= 0.3 is 11.8 Å². The van der Waals surface area contributed by atoms with Gasteiger partial charge in [0.15, 0.2) is 0 Å². The summed E-state index contributed by atoms with van der Waals surface area (Å²) < 4.78 is 12.8. The van der Waals surface area contributed by atoms with Crippen LogP contribution in [0.5, 0.6) is 0 Å². The predicted molar refractivity (Wildman–Crippen MR) is 79.8 cm³/mol. The first-order chi connectivity index (χ1) is 10.6. The van der Waals surface area contributed by atoms with Crippen LogP contribution in [0.4, 0.5) is 15.8 Å². The van der Waals surface area contributed by atoms with Crippen LogP contribution >= 0.6 is 0 Å². The minimum atomic E-state index is -0.837. The second-order valence-corrected chi connectivity index (χ2v) is 4.55. The SMILES string of the molecule is O=C(Nc1ccc(F)cc1)C(=O)Nc1ccc2nc[nH]c2c1. The average Bonchev–Trinajstić information content (AvgIpc) is 2.97. The number of aromatic nitrogens is 2. The third kappa shape index (κ3) is 2.93. The molecule has 0 unspecified atom stereocenters. The van der Waals surface area contributed by atoms with E-state index in [2.05, 4.69) is 20.6 Å². The Morgan fingerprint density at radius 1 is 0.955 bits per heavy atom. The number of fused-ring (bicyclic) bond motifs is 1. The number of hydrogen-bond acceptors (Lipinski definition) is 3. The zero-order valence-electron chi connectivity index (χ0n) is 11.3. The van der Waals surface area contributed by atoms with Crippen molar-refractivity contribution in [2.45, 2.75) is 0 Å². The van der Waals surface area contributed by atoms with Gasteiger partial charge in [-0.15, -0.1) is 0 Å². The van der Waals surface area contributed by atoms with Gasteiger partial charge in [-0.1, -0.05) is 0 Å². The molecule has 0 aliphatic carbocycles. The lowest BCUT2D eigenvalue weighted by Crippen LogP contribution is -2.29. The molecule has 0 fully saturated rings. The summed E-state index contributed by atoms with van der Waals surface area (Å²) in [5.41, 5.74) is 2.31. The van der Waals surface area contributed by atoms with E-state index in [-0.39, 0.29) is 0 Å². The molecule has 2 amide bonds. The molecule has 1 aromatic heterocycles. The number of carbonyl (C=O) groups excluding carboxylic acids is 2. The van der Waals surface area contributed by atoms with Crippen molar-refractivity contribution in [3.8, 4) is 0 Å². The van der Waals surface area contributed by atoms with Gasteiger partial charge in [-0.2, -0.15) is 0 Å². The maximum Gasteiger partial charge on any atom is 0.314 e. The molecule has 0 spiro atoms. The van der Waals surface area contributed by atoms with E-state index in [0.717, 1.165) is 11.0 Å². The molecule has 7 heteroatoms. The number of H-pyrrole nitrogens is 1. The molecule has 0 saturated carbocycles. The first-order valence-corrected chi connectivity index (χ1v) is 6.43. The highest BCUT2D eigenvalue weighted by Gasteiger charge is 2.14. The standard InChI is InChI=1S/C15H11FN4O2/c16-9-1-3-10(4-2-9)19-14(21)15(22)20-11-5-6-12-13(7-11)18-8-17-12/h1-8H,(H,17,18)(H,19,21)(H,20,22). The van der Waals surface area contributed by atoms with Gasteiger partial charge in [-0.3, -0.25) is 9.59 Å². The van der Waals surface area contributed by atoms with Gasteiger partial charge in [0.2, 0.25) is 0 Å². The Bertz CT molecular complexity index is 842. The first-order valence-electron chi connectivity index (χ1n) is 6.43. The number of hydrogen-bond donors (Lipinski definition) is 3. The molecule has 0 saturated heterocycles. The fourth-order valence-corrected chi connectivity index (χ4v) is 1.92. The normalized spacial score (nSPS) is 10.4. The van der Waals surface area contributed by atoms with Crippen LogP contribution in [0.3, 0.4) is 0 Å². The number of amides is 2. The lowest BCUT2D eigenvalue weighted by molar-refractivity contribution is -0.132. The summed E-state index contributed by atoms with van der Waals surface area (Å²) in [5.74, 6) is -2.07. The van der Waals surface area contributed by atoms with E-state index < -0.39 is 17.6 Å². The Morgan fingerprint density at radius 3 is 2.32 bits per heavy atom. The lowest BCUT2D eigenvalue weighted by Gasteiger charge is -2.06. The zero-order chi connectivity index (χ0) is 15.5. The van der Waals surface area contributed by atoms with E-state index in [1.807, 2.05) is 0 Å². The van der Waals surface area contributed by atoms with Gasteiger partial charge < -0.3 is 15.6 Å². The van der Waals surface area contributed by atoms with E-state index in [0.29, 0.717) is 11.4 Å². The van der Waals surface area contributed by atoms with Crippen LogP contribution in [0.2, 0.25) is 0 Å². The van der Waals surface area contributed by atoms with E-state index >= 15 is 0 Å². The molecule has 22 heavy (non-hydrogen) atoms. The minimum absolute atomic E-state index is 0.338. The van der Waals surface area contributed by atoms with Crippen molar-refractivity contribution in [2.75, 3.05) is 10.6 Å². The monoisotopic (exact) mass is 298 g/mol. The minimum Gasteiger partial charge on any atom is -0.345 e. The van der Waals surface area contributed by atoms with Gasteiger partial charge in [0, 0.05) is 11.4 Å². The van der Waals surface area contributed by atoms with Crippen LogP contribution in [0.1, 0.15) is 0 Å². The van der Waals surface area contributed by atoms with Gasteiger partial charge in [-0.05, 0) is 42.5 Å². The number of halogens is 1. The fourth-order valence-electron chi connectivity index (χ4n) is 1.92. The number of aromatic amines is 1. The lowest BCUT2D eigenvalue weighted by atomic mass is 10.2. The highest BCUT2D eigenvalue weighted by Crippen LogP contribution is 2.15. The zero-order valence-corrected chi connectivity index (χ0v) is 11.3. The van der Waals surface area contributed by atoms with Crippen LogP contribution in [0.25, 0.3) is 11.0 Å². The van der Waals surface area contributed by atoms with Gasteiger partial charge in [0.25, 0.3) is 0 Å². The average molecular weight is 298 g/mol. The third-order valence-corrected chi connectivity index (χ3v) is 2.99. The van der Waals surface area contributed by atoms with Crippen LogP contribution < -0.4 is 10.6 Å². The van der Waals surface area contributed by atoms with Crippen molar-refractivity contribution >= 4 is 34.2 Å². The van der Waals surface area contributed by atoms with Crippen molar-refractivity contribution in [1.82, 2.24) is 9.97 Å². The second-order valence-electron chi connectivity index (χ2n) is 4.55. The second kappa shape index (κ2) is 5.65. The molecule has 3 aromatic rings. The summed E-state index contributed by atoms with van der Waals surface area (Å²) in [7, 11) is 0. The topological polar surface area (TPSA) is 86.9 Å². The summed E-state index contributed by atoms with van der Waals surface area (Å²) in [5, 5.41) is 4.87. The molecule has 3 rings (SSSR count). The predicted octanol–water partition coefficient (Wildman–Crippen LogP) is 2.28. The quantitative estimate of drug-likeness (QED) is 0.634. The Labute approximate surface area is 124 Å². The van der Waals surface area contributed by atoms with E-state index in [9.17, 15) is 14.0 Å². The van der Waals surface area contributed by atoms with Crippen LogP contribution in [0, 0.1) is 5.82 Å². The fraction of sp³-hybridized carbons (Fsp3) is 0. The molecule has 110 valence electrons. The van der Waals surface area contributed by atoms with Crippen molar-refractivity contribution < 1.29 is 14.0 Å². The van der Waals surface area contributed by atoms with E-state index in [4.69, 9.17) is 0 Å². The molecule has 2 aromatic carbocycles. The van der Waals surface area contributed by atoms with Crippen molar-refractivity contribution in [1.29, 1.82) is 0 Å². The Morgan fingerprint density at radius 2 is 1.59 bits per heavy atom. The van der Waals surface area contributed by atoms with Crippen LogP contribution in [-0.4, -0.2) is 21.8 Å². The van der Waals surface area contributed by atoms with Gasteiger partial charge in [-0.25, -0.2) is 9.37 Å². The van der Waals surface area contributed by atoms with Crippen LogP contribution in [0.15, 0.2) is 48.8 Å². The summed E-state index contributed by atoms with van der Waals surface area (Å²) in [6.07, 6.45) is 1.54. The van der Waals surface area contributed by atoms with Crippen molar-refractivity contribution in [3.05, 3.63) is 54.6 Å². The number of imidazole rings is 1. The highest BCUT2D eigenvalue weighted by molar-refractivity contribution is 6.43. The molecule has 0 aliphatic rings. The first kappa shape index (κ1) is 13.7. The Balaban J connectivity index is 1.67. The van der Waals surface area contributed by atoms with E-state index in [1.54, 1.807) is 18.2 Å². The number of anilines is 2. The summed E-state index contributed by atoms with van der Waals surface area (Å²) >= 11 is 0. The summed E-state index contributed by atoms with van der Waals surface area (Å²) in [6.45, 7) is 0. The number of benzene rings is 2. The molecular formula is C15H11FN4O2. The summed E-state index contributed by atoms with van der Waals surface area (Å²) in [4.78, 5) is 30.6. The molecular weight excluding hydrogens is 287 g/mol. The third-order valence-electron chi connectivity index (χ3n) is 2.99. The van der Waals surface area contributed by atoms with E-state index in [1.165, 1.54) is 30.6 Å². The molecule has 0 radical (unpaired) electrons. The number of nitrogens with zero attached hydrogens (tertiary/aromatic N) is 1. The maximum atomic E-state index is 12.8. The molecule has 3 N–H and O–H groups in total. The number of carbonyl (C=O) groups is 2. The maximum absolute atomic E-state index is 12.8. The van der Waals surface area contributed by atoms with Gasteiger partial charge in [0.05, 0.1) is 17.4 Å². The molecule has 6 nitrogen and oxygen atoms in total. The number of nitrogens with one attached hydrogen (secondary N) is 3. The van der Waals surface area contributed by atoms with Crippen molar-refractivity contribution in [3.63, 3.8) is 0 Å². The molecule has 0 aliphatic heterocycles. The Hall–Kier alpha value is -3.22. The molecule has 0 bridgehead atoms. The van der Waals surface area contributed by atoms with Crippen molar-refractivity contribution in [2.24, 2.45) is 0 Å². The number of rotatable bonds is 2. The molecule has 1 heterocycles. The smallest absolute Gasteiger partial charge is 0.314 e. The largest absolute Gasteiger partial charge is 0.345 e. The van der Waals surface area contributed by atoms with Crippen LogP contribution in [-0.2, 0) is 9.59 Å². The van der Waals surface area contributed by atoms with Gasteiger partial charge in [0.1, 0.15) is 5.82 Å². The highest BCUT2D eigenvalue weighted by atomic mass is 19.1. The summed E-state index contributed by atoms with van der Waals surface area (Å²) in [6, 6.07) is 10.2. The Kier molecular flexibility index (Phi) is 3.53. The molecule has 0 atom stereocenters.